The standard InChI is InChI=1S/C17H19ClN2O3/c1-17(2,3)16(23)19-8-7-10(9-19)20-14(21)11-5-4-6-12(18)13(11)15(20)22/h4-6,10H,7-9H2,1-3H3. The van der Waals surface area contributed by atoms with Crippen LogP contribution in [0.4, 0.5) is 0 Å². The Morgan fingerprint density at radius 3 is 2.52 bits per heavy atom. The summed E-state index contributed by atoms with van der Waals surface area (Å²) < 4.78 is 0. The molecule has 23 heavy (non-hydrogen) atoms. The van der Waals surface area contributed by atoms with Gasteiger partial charge in [-0.25, -0.2) is 0 Å². The Bertz CT molecular complexity index is 708. The molecule has 1 aromatic rings. The fourth-order valence-corrected chi connectivity index (χ4v) is 3.46. The van der Waals surface area contributed by atoms with Crippen molar-refractivity contribution in [3.05, 3.63) is 34.3 Å². The first-order valence-corrected chi connectivity index (χ1v) is 8.05. The first kappa shape index (κ1) is 16.0. The number of halogens is 1. The quantitative estimate of drug-likeness (QED) is 0.742. The van der Waals surface area contributed by atoms with Crippen LogP contribution < -0.4 is 0 Å². The predicted molar refractivity (Wildman–Crippen MR) is 86.4 cm³/mol. The average molecular weight is 335 g/mol. The van der Waals surface area contributed by atoms with E-state index in [4.69, 9.17) is 11.6 Å². The molecule has 0 radical (unpaired) electrons. The molecule has 2 aliphatic rings. The third-order valence-corrected chi connectivity index (χ3v) is 4.67. The van der Waals surface area contributed by atoms with E-state index in [1.807, 2.05) is 20.8 Å². The highest BCUT2D eigenvalue weighted by Crippen LogP contribution is 2.33. The predicted octanol–water partition coefficient (Wildman–Crippen LogP) is 2.58. The molecule has 3 rings (SSSR count). The Balaban J connectivity index is 1.83. The second-order valence-electron chi connectivity index (χ2n) is 7.09. The number of carbonyl (C=O) groups excluding carboxylic acids is 3. The van der Waals surface area contributed by atoms with Crippen molar-refractivity contribution in [3.63, 3.8) is 0 Å². The number of carbonyl (C=O) groups is 3. The molecule has 1 saturated heterocycles. The molecule has 0 spiro atoms. The summed E-state index contributed by atoms with van der Waals surface area (Å²) in [6.07, 6.45) is 0.602. The van der Waals surface area contributed by atoms with Crippen LogP contribution in [0.2, 0.25) is 5.02 Å². The molecule has 6 heteroatoms. The van der Waals surface area contributed by atoms with Crippen molar-refractivity contribution in [3.8, 4) is 0 Å². The van der Waals surface area contributed by atoms with E-state index >= 15 is 0 Å². The second kappa shape index (κ2) is 5.34. The molecular weight excluding hydrogens is 316 g/mol. The molecule has 0 aliphatic carbocycles. The normalized spacial score (nSPS) is 21.1. The van der Waals surface area contributed by atoms with Crippen LogP contribution >= 0.6 is 11.6 Å². The van der Waals surface area contributed by atoms with Gasteiger partial charge in [-0.2, -0.15) is 0 Å². The van der Waals surface area contributed by atoms with E-state index in [9.17, 15) is 14.4 Å². The molecule has 0 saturated carbocycles. The number of likely N-dealkylation sites (tertiary alicyclic amines) is 1. The molecule has 3 amide bonds. The Morgan fingerprint density at radius 2 is 1.91 bits per heavy atom. The summed E-state index contributed by atoms with van der Waals surface area (Å²) in [4.78, 5) is 40.5. The molecule has 2 aliphatic heterocycles. The third-order valence-electron chi connectivity index (χ3n) is 4.35. The van der Waals surface area contributed by atoms with E-state index in [0.717, 1.165) is 0 Å². The number of rotatable bonds is 1. The van der Waals surface area contributed by atoms with Gasteiger partial charge in [0.25, 0.3) is 11.8 Å². The molecule has 5 nitrogen and oxygen atoms in total. The highest BCUT2D eigenvalue weighted by atomic mass is 35.5. The van der Waals surface area contributed by atoms with Crippen molar-refractivity contribution in [2.75, 3.05) is 13.1 Å². The highest BCUT2D eigenvalue weighted by Gasteiger charge is 2.44. The molecular formula is C17H19ClN2O3. The lowest BCUT2D eigenvalue weighted by Gasteiger charge is -2.27. The van der Waals surface area contributed by atoms with E-state index in [1.54, 1.807) is 23.1 Å². The van der Waals surface area contributed by atoms with Gasteiger partial charge in [0.1, 0.15) is 0 Å². The van der Waals surface area contributed by atoms with E-state index in [1.165, 1.54) is 4.90 Å². The van der Waals surface area contributed by atoms with E-state index in [-0.39, 0.29) is 29.3 Å². The minimum absolute atomic E-state index is 0.0367. The first-order chi connectivity index (χ1) is 10.7. The molecule has 0 bridgehead atoms. The van der Waals surface area contributed by atoms with Gasteiger partial charge in [-0.15, -0.1) is 0 Å². The van der Waals surface area contributed by atoms with Crippen LogP contribution in [-0.4, -0.2) is 46.7 Å². The number of amides is 3. The lowest BCUT2D eigenvalue weighted by molar-refractivity contribution is -0.138. The monoisotopic (exact) mass is 334 g/mol. The van der Waals surface area contributed by atoms with Crippen molar-refractivity contribution in [2.45, 2.75) is 33.2 Å². The summed E-state index contributed by atoms with van der Waals surface area (Å²) in [5.41, 5.74) is 0.156. The number of hydrogen-bond acceptors (Lipinski definition) is 3. The van der Waals surface area contributed by atoms with Crippen molar-refractivity contribution in [2.24, 2.45) is 5.41 Å². The van der Waals surface area contributed by atoms with Crippen molar-refractivity contribution in [1.82, 2.24) is 9.80 Å². The van der Waals surface area contributed by atoms with Gasteiger partial charge in [0.2, 0.25) is 5.91 Å². The van der Waals surface area contributed by atoms with Gasteiger partial charge in [0, 0.05) is 18.5 Å². The highest BCUT2D eigenvalue weighted by molar-refractivity contribution is 6.37. The van der Waals surface area contributed by atoms with Crippen LogP contribution in [0.3, 0.4) is 0 Å². The lowest BCUT2D eigenvalue weighted by atomic mass is 9.95. The van der Waals surface area contributed by atoms with Gasteiger partial charge in [-0.3, -0.25) is 19.3 Å². The fourth-order valence-electron chi connectivity index (χ4n) is 3.21. The van der Waals surface area contributed by atoms with Crippen molar-refractivity contribution < 1.29 is 14.4 Å². The average Bonchev–Trinajstić information content (AvgIpc) is 3.02. The minimum atomic E-state index is -0.472. The maximum Gasteiger partial charge on any atom is 0.263 e. The second-order valence-corrected chi connectivity index (χ2v) is 7.49. The number of hydrogen-bond donors (Lipinski definition) is 0. The first-order valence-electron chi connectivity index (χ1n) is 7.67. The zero-order valence-corrected chi connectivity index (χ0v) is 14.2. The molecule has 0 N–H and O–H groups in total. The van der Waals surface area contributed by atoms with Crippen LogP contribution in [0, 0.1) is 5.41 Å². The smallest absolute Gasteiger partial charge is 0.263 e. The maximum atomic E-state index is 12.6. The molecule has 1 fully saturated rings. The van der Waals surface area contributed by atoms with E-state index in [2.05, 4.69) is 0 Å². The Hall–Kier alpha value is -1.88. The van der Waals surface area contributed by atoms with Crippen molar-refractivity contribution in [1.29, 1.82) is 0 Å². The van der Waals surface area contributed by atoms with Gasteiger partial charge in [0.15, 0.2) is 0 Å². The Morgan fingerprint density at radius 1 is 1.22 bits per heavy atom. The Labute approximate surface area is 140 Å². The SMILES string of the molecule is CC(C)(C)C(=O)N1CCC(N2C(=O)c3cccc(Cl)c3C2=O)C1. The van der Waals surface area contributed by atoms with Gasteiger partial charge < -0.3 is 4.90 Å². The van der Waals surface area contributed by atoms with E-state index < -0.39 is 5.41 Å². The topological polar surface area (TPSA) is 57.7 Å². The summed E-state index contributed by atoms with van der Waals surface area (Å²) in [7, 11) is 0. The van der Waals surface area contributed by atoms with Crippen LogP contribution in [0.5, 0.6) is 0 Å². The van der Waals surface area contributed by atoms with Crippen LogP contribution in [-0.2, 0) is 4.79 Å². The number of imide groups is 1. The summed E-state index contributed by atoms with van der Waals surface area (Å²) in [6.45, 7) is 6.54. The fraction of sp³-hybridized carbons (Fsp3) is 0.471. The minimum Gasteiger partial charge on any atom is -0.340 e. The summed E-state index contributed by atoms with van der Waals surface area (Å²) >= 11 is 6.08. The van der Waals surface area contributed by atoms with Gasteiger partial charge in [0.05, 0.1) is 22.2 Å². The molecule has 1 unspecified atom stereocenters. The number of nitrogens with zero attached hydrogens (tertiary/aromatic N) is 2. The summed E-state index contributed by atoms with van der Waals surface area (Å²) in [5, 5.41) is 0.295. The molecule has 1 aromatic carbocycles. The zero-order valence-electron chi connectivity index (χ0n) is 13.4. The summed E-state index contributed by atoms with van der Waals surface area (Å²) in [6, 6.07) is 4.61. The van der Waals surface area contributed by atoms with Crippen LogP contribution in [0.1, 0.15) is 47.9 Å². The summed E-state index contributed by atoms with van der Waals surface area (Å²) in [5.74, 6) is -0.636. The number of fused-ring (bicyclic) bond motifs is 1. The molecule has 0 aromatic heterocycles. The number of benzene rings is 1. The third kappa shape index (κ3) is 2.53. The van der Waals surface area contributed by atoms with Gasteiger partial charge in [-0.05, 0) is 18.6 Å². The molecule has 2 heterocycles. The molecule has 122 valence electrons. The van der Waals surface area contributed by atoms with Gasteiger partial charge in [-0.1, -0.05) is 38.4 Å². The van der Waals surface area contributed by atoms with Gasteiger partial charge >= 0.3 is 0 Å². The lowest BCUT2D eigenvalue weighted by Crippen LogP contribution is -2.44. The maximum absolute atomic E-state index is 12.6. The molecule has 1 atom stereocenters. The largest absolute Gasteiger partial charge is 0.340 e. The van der Waals surface area contributed by atoms with Crippen LogP contribution in [0.15, 0.2) is 18.2 Å². The van der Waals surface area contributed by atoms with Crippen LogP contribution in [0.25, 0.3) is 0 Å². The zero-order chi connectivity index (χ0) is 16.9. The van der Waals surface area contributed by atoms with Crippen molar-refractivity contribution >= 4 is 29.3 Å². The Kier molecular flexibility index (Phi) is 3.71. The van der Waals surface area contributed by atoms with E-state index in [0.29, 0.717) is 30.1 Å².